The van der Waals surface area contributed by atoms with Crippen LogP contribution < -0.4 is 5.32 Å². The molecule has 4 nitrogen and oxygen atoms in total. The van der Waals surface area contributed by atoms with Crippen molar-refractivity contribution in [2.75, 3.05) is 26.2 Å². The number of nitrogens with zero attached hydrogens (tertiary/aromatic N) is 1. The second kappa shape index (κ2) is 9.35. The van der Waals surface area contributed by atoms with E-state index in [0.29, 0.717) is 6.61 Å². The minimum atomic E-state index is -0.0658. The number of hydrogen-bond acceptors (Lipinski definition) is 3. The van der Waals surface area contributed by atoms with Crippen LogP contribution in [0.5, 0.6) is 0 Å². The van der Waals surface area contributed by atoms with Gasteiger partial charge in [-0.1, -0.05) is 60.7 Å². The number of hydrogen-bond donors (Lipinski definition) is 1. The van der Waals surface area contributed by atoms with Gasteiger partial charge in [0.15, 0.2) is 0 Å². The summed E-state index contributed by atoms with van der Waals surface area (Å²) in [6.45, 7) is 3.62. The molecule has 1 aliphatic rings. The van der Waals surface area contributed by atoms with Crippen LogP contribution in [0.3, 0.4) is 0 Å². The standard InChI is InChI=1S/C21H26N2O2/c24-21(17-25-16-18-9-3-1-4-10-18)22-20(15-23-13-7-8-14-23)19-11-5-2-6-12-19/h1-6,9-12,20H,7-8,13-17H2,(H,22,24). The van der Waals surface area contributed by atoms with Gasteiger partial charge in [0, 0.05) is 6.54 Å². The van der Waals surface area contributed by atoms with E-state index in [-0.39, 0.29) is 18.6 Å². The third-order valence-corrected chi connectivity index (χ3v) is 4.52. The highest BCUT2D eigenvalue weighted by Gasteiger charge is 2.20. The van der Waals surface area contributed by atoms with Crippen LogP contribution in [0.25, 0.3) is 0 Å². The van der Waals surface area contributed by atoms with E-state index in [4.69, 9.17) is 4.74 Å². The summed E-state index contributed by atoms with van der Waals surface area (Å²) in [5.74, 6) is -0.0658. The van der Waals surface area contributed by atoms with E-state index >= 15 is 0 Å². The normalized spacial score (nSPS) is 15.8. The molecule has 1 aliphatic heterocycles. The van der Waals surface area contributed by atoms with Crippen molar-refractivity contribution in [1.29, 1.82) is 0 Å². The Hall–Kier alpha value is -2.17. The Morgan fingerprint density at radius 1 is 1.00 bits per heavy atom. The van der Waals surface area contributed by atoms with Crippen molar-refractivity contribution in [2.45, 2.75) is 25.5 Å². The Balaban J connectivity index is 1.52. The highest BCUT2D eigenvalue weighted by atomic mass is 16.5. The average Bonchev–Trinajstić information content (AvgIpc) is 3.16. The summed E-state index contributed by atoms with van der Waals surface area (Å²) >= 11 is 0. The summed E-state index contributed by atoms with van der Waals surface area (Å²) in [7, 11) is 0. The summed E-state index contributed by atoms with van der Waals surface area (Å²) in [5.41, 5.74) is 2.22. The first-order chi connectivity index (χ1) is 12.3. The fourth-order valence-corrected chi connectivity index (χ4v) is 3.21. The molecule has 1 unspecified atom stereocenters. The summed E-state index contributed by atoms with van der Waals surface area (Å²) < 4.78 is 5.56. The van der Waals surface area contributed by atoms with Crippen LogP contribution in [-0.4, -0.2) is 37.0 Å². The first kappa shape index (κ1) is 17.6. The van der Waals surface area contributed by atoms with Crippen molar-refractivity contribution < 1.29 is 9.53 Å². The second-order valence-corrected chi connectivity index (χ2v) is 6.52. The lowest BCUT2D eigenvalue weighted by Crippen LogP contribution is -2.38. The number of carbonyl (C=O) groups excluding carboxylic acids is 1. The predicted octanol–water partition coefficient (Wildman–Crippen LogP) is 3.16. The molecule has 3 rings (SSSR count). The summed E-state index contributed by atoms with van der Waals surface area (Å²) in [6.07, 6.45) is 2.49. The van der Waals surface area contributed by atoms with Crippen molar-refractivity contribution >= 4 is 5.91 Å². The van der Waals surface area contributed by atoms with Gasteiger partial charge in [-0.25, -0.2) is 0 Å². The molecule has 0 aromatic heterocycles. The van der Waals surface area contributed by atoms with Gasteiger partial charge < -0.3 is 15.0 Å². The number of carbonyl (C=O) groups is 1. The molecule has 0 aliphatic carbocycles. The zero-order valence-electron chi connectivity index (χ0n) is 14.6. The molecule has 1 N–H and O–H groups in total. The van der Waals surface area contributed by atoms with E-state index < -0.39 is 0 Å². The smallest absolute Gasteiger partial charge is 0.246 e. The van der Waals surface area contributed by atoms with E-state index in [1.54, 1.807) is 0 Å². The number of benzene rings is 2. The predicted molar refractivity (Wildman–Crippen MR) is 99.1 cm³/mol. The maximum atomic E-state index is 12.3. The molecule has 25 heavy (non-hydrogen) atoms. The minimum absolute atomic E-state index is 0.00660. The molecule has 0 spiro atoms. The van der Waals surface area contributed by atoms with Gasteiger partial charge in [-0.15, -0.1) is 0 Å². The van der Waals surface area contributed by atoms with Crippen LogP contribution in [0, 0.1) is 0 Å². The van der Waals surface area contributed by atoms with E-state index in [0.717, 1.165) is 30.8 Å². The van der Waals surface area contributed by atoms with E-state index in [9.17, 15) is 4.79 Å². The molecule has 4 heteroatoms. The highest BCUT2D eigenvalue weighted by Crippen LogP contribution is 2.17. The minimum Gasteiger partial charge on any atom is -0.367 e. The molecule has 1 saturated heterocycles. The van der Waals surface area contributed by atoms with E-state index in [2.05, 4.69) is 22.3 Å². The zero-order valence-corrected chi connectivity index (χ0v) is 14.6. The van der Waals surface area contributed by atoms with Gasteiger partial charge in [-0.3, -0.25) is 4.79 Å². The van der Waals surface area contributed by atoms with Gasteiger partial charge in [0.05, 0.1) is 12.6 Å². The molecule has 1 atom stereocenters. The van der Waals surface area contributed by atoms with Crippen LogP contribution in [0.2, 0.25) is 0 Å². The molecule has 1 amide bonds. The number of nitrogens with one attached hydrogen (secondary N) is 1. The first-order valence-corrected chi connectivity index (χ1v) is 8.99. The van der Waals surface area contributed by atoms with Crippen molar-refractivity contribution in [2.24, 2.45) is 0 Å². The highest BCUT2D eigenvalue weighted by molar-refractivity contribution is 5.77. The number of amides is 1. The largest absolute Gasteiger partial charge is 0.367 e. The van der Waals surface area contributed by atoms with Crippen molar-refractivity contribution in [3.63, 3.8) is 0 Å². The Morgan fingerprint density at radius 2 is 1.64 bits per heavy atom. The fourth-order valence-electron chi connectivity index (χ4n) is 3.21. The molecular formula is C21H26N2O2. The molecule has 0 saturated carbocycles. The van der Waals surface area contributed by atoms with Gasteiger partial charge in [0.25, 0.3) is 0 Å². The van der Waals surface area contributed by atoms with Crippen molar-refractivity contribution in [1.82, 2.24) is 10.2 Å². The molecule has 2 aromatic carbocycles. The topological polar surface area (TPSA) is 41.6 Å². The number of ether oxygens (including phenoxy) is 1. The Kier molecular flexibility index (Phi) is 6.60. The summed E-state index contributed by atoms with van der Waals surface area (Å²) in [5, 5.41) is 3.14. The quantitative estimate of drug-likeness (QED) is 0.804. The average molecular weight is 338 g/mol. The lowest BCUT2D eigenvalue weighted by atomic mass is 10.1. The monoisotopic (exact) mass is 338 g/mol. The van der Waals surface area contributed by atoms with Crippen molar-refractivity contribution in [3.8, 4) is 0 Å². The molecule has 132 valence electrons. The number of rotatable bonds is 8. The Bertz CT molecular complexity index is 639. The molecular weight excluding hydrogens is 312 g/mol. The third-order valence-electron chi connectivity index (χ3n) is 4.52. The van der Waals surface area contributed by atoms with E-state index in [1.165, 1.54) is 12.8 Å². The first-order valence-electron chi connectivity index (χ1n) is 8.99. The fraction of sp³-hybridized carbons (Fsp3) is 0.381. The van der Waals surface area contributed by atoms with Gasteiger partial charge in [0.2, 0.25) is 5.91 Å². The molecule has 1 fully saturated rings. The van der Waals surface area contributed by atoms with Crippen molar-refractivity contribution in [3.05, 3.63) is 71.8 Å². The lowest BCUT2D eigenvalue weighted by Gasteiger charge is -2.25. The summed E-state index contributed by atoms with van der Waals surface area (Å²) in [6, 6.07) is 20.1. The van der Waals surface area contributed by atoms with Gasteiger partial charge in [-0.2, -0.15) is 0 Å². The SMILES string of the molecule is O=C(COCc1ccccc1)NC(CN1CCCC1)c1ccccc1. The Morgan fingerprint density at radius 3 is 2.32 bits per heavy atom. The van der Waals surface area contributed by atoms with E-state index in [1.807, 2.05) is 48.5 Å². The molecule has 2 aromatic rings. The second-order valence-electron chi connectivity index (χ2n) is 6.52. The number of likely N-dealkylation sites (tertiary alicyclic amines) is 1. The van der Waals surface area contributed by atoms with Crippen LogP contribution >= 0.6 is 0 Å². The molecule has 0 bridgehead atoms. The van der Waals surface area contributed by atoms with Crippen LogP contribution in [-0.2, 0) is 16.1 Å². The molecule has 0 radical (unpaired) electrons. The maximum absolute atomic E-state index is 12.3. The van der Waals surface area contributed by atoms with Crippen LogP contribution in [0.1, 0.15) is 30.0 Å². The summed E-state index contributed by atoms with van der Waals surface area (Å²) in [4.78, 5) is 14.8. The van der Waals surface area contributed by atoms with Gasteiger partial charge >= 0.3 is 0 Å². The third kappa shape index (κ3) is 5.69. The Labute approximate surface area is 149 Å². The van der Waals surface area contributed by atoms with Gasteiger partial charge in [0.1, 0.15) is 6.61 Å². The van der Waals surface area contributed by atoms with Crippen LogP contribution in [0.15, 0.2) is 60.7 Å². The maximum Gasteiger partial charge on any atom is 0.246 e. The molecule has 1 heterocycles. The lowest BCUT2D eigenvalue weighted by molar-refractivity contribution is -0.127. The zero-order chi connectivity index (χ0) is 17.3. The van der Waals surface area contributed by atoms with Crippen LogP contribution in [0.4, 0.5) is 0 Å². The van der Waals surface area contributed by atoms with Gasteiger partial charge in [-0.05, 0) is 37.1 Å².